The molecule has 3 rings (SSSR count). The predicted molar refractivity (Wildman–Crippen MR) is 106 cm³/mol. The molecule has 0 aromatic heterocycles. The molecular formula is C22H25F3N2O2. The molecule has 1 unspecified atom stereocenters. The Morgan fingerprint density at radius 3 is 2.55 bits per heavy atom. The second-order valence-corrected chi connectivity index (χ2v) is 7.17. The quantitative estimate of drug-likeness (QED) is 0.711. The molecule has 1 amide bonds. The predicted octanol–water partition coefficient (Wildman–Crippen LogP) is 5.27. The number of carbonyl (C=O) groups is 1. The van der Waals surface area contributed by atoms with Crippen molar-refractivity contribution in [2.24, 2.45) is 0 Å². The Kier molecular flexibility index (Phi) is 6.79. The monoisotopic (exact) mass is 406 g/mol. The number of anilines is 1. The number of rotatable bonds is 6. The lowest BCUT2D eigenvalue weighted by Crippen LogP contribution is -2.35. The van der Waals surface area contributed by atoms with E-state index >= 15 is 0 Å². The fourth-order valence-corrected chi connectivity index (χ4v) is 3.74. The molecule has 1 aliphatic heterocycles. The van der Waals surface area contributed by atoms with Crippen LogP contribution in [-0.2, 0) is 11.0 Å². The highest BCUT2D eigenvalue weighted by Crippen LogP contribution is 2.34. The number of likely N-dealkylation sites (tertiary alicyclic amines) is 1. The van der Waals surface area contributed by atoms with Crippen LogP contribution in [-0.4, -0.2) is 31.0 Å². The number of nitrogens with one attached hydrogen (secondary N) is 1. The lowest BCUT2D eigenvalue weighted by Gasteiger charge is -2.36. The number of para-hydroxylation sites is 2. The number of ether oxygens (including phenoxy) is 1. The molecule has 1 heterocycles. The number of benzene rings is 2. The molecule has 1 saturated heterocycles. The average molecular weight is 406 g/mol. The summed E-state index contributed by atoms with van der Waals surface area (Å²) in [6.07, 6.45) is -1.11. The zero-order valence-corrected chi connectivity index (χ0v) is 16.3. The molecule has 29 heavy (non-hydrogen) atoms. The Morgan fingerprint density at radius 2 is 1.86 bits per heavy atom. The fraction of sp³-hybridized carbons (Fsp3) is 0.409. The molecule has 1 N–H and O–H groups in total. The standard InChI is InChI=1S/C22H25F3N2O2/c1-29-20-8-3-2-6-18(20)26-21(28)13-15-27-14-5-4-7-19(27)16-9-11-17(12-10-16)22(23,24)25/h2-3,6,8-12,19H,4-5,7,13-15H2,1H3,(H,26,28). The van der Waals surface area contributed by atoms with Gasteiger partial charge in [-0.3, -0.25) is 9.69 Å². The van der Waals surface area contributed by atoms with Crippen molar-refractivity contribution in [3.8, 4) is 5.75 Å². The van der Waals surface area contributed by atoms with Gasteiger partial charge in [-0.1, -0.05) is 30.7 Å². The van der Waals surface area contributed by atoms with Crippen molar-refractivity contribution in [3.05, 3.63) is 59.7 Å². The molecule has 0 bridgehead atoms. The average Bonchev–Trinajstić information content (AvgIpc) is 2.72. The van der Waals surface area contributed by atoms with E-state index in [-0.39, 0.29) is 11.9 Å². The number of nitrogens with zero attached hydrogens (tertiary/aromatic N) is 1. The molecule has 4 nitrogen and oxygen atoms in total. The van der Waals surface area contributed by atoms with Crippen molar-refractivity contribution in [1.29, 1.82) is 0 Å². The Balaban J connectivity index is 1.62. The van der Waals surface area contributed by atoms with Crippen molar-refractivity contribution in [2.75, 3.05) is 25.5 Å². The van der Waals surface area contributed by atoms with Gasteiger partial charge in [-0.2, -0.15) is 13.2 Å². The first-order valence-corrected chi connectivity index (χ1v) is 9.72. The molecule has 7 heteroatoms. The van der Waals surface area contributed by atoms with Gasteiger partial charge in [0, 0.05) is 19.0 Å². The number of halogens is 3. The smallest absolute Gasteiger partial charge is 0.416 e. The van der Waals surface area contributed by atoms with E-state index in [4.69, 9.17) is 4.74 Å². The lowest BCUT2D eigenvalue weighted by atomic mass is 9.94. The summed E-state index contributed by atoms with van der Waals surface area (Å²) in [5.74, 6) is 0.479. The van der Waals surface area contributed by atoms with Crippen LogP contribution in [0.5, 0.6) is 5.75 Å². The van der Waals surface area contributed by atoms with Gasteiger partial charge >= 0.3 is 6.18 Å². The highest BCUT2D eigenvalue weighted by molar-refractivity contribution is 5.92. The fourth-order valence-electron chi connectivity index (χ4n) is 3.74. The summed E-state index contributed by atoms with van der Waals surface area (Å²) >= 11 is 0. The van der Waals surface area contributed by atoms with Gasteiger partial charge in [0.15, 0.2) is 0 Å². The van der Waals surface area contributed by atoms with Crippen molar-refractivity contribution < 1.29 is 22.7 Å². The van der Waals surface area contributed by atoms with Crippen LogP contribution in [0, 0.1) is 0 Å². The summed E-state index contributed by atoms with van der Waals surface area (Å²) in [6.45, 7) is 1.38. The van der Waals surface area contributed by atoms with Crippen LogP contribution in [0.25, 0.3) is 0 Å². The molecule has 0 saturated carbocycles. The minimum absolute atomic E-state index is 0.0325. The third kappa shape index (κ3) is 5.50. The third-order valence-corrected chi connectivity index (χ3v) is 5.24. The molecule has 1 atom stereocenters. The van der Waals surface area contributed by atoms with Crippen molar-refractivity contribution in [2.45, 2.75) is 37.9 Å². The number of hydrogen-bond donors (Lipinski definition) is 1. The maximum atomic E-state index is 12.8. The Bertz CT molecular complexity index is 822. The molecule has 0 spiro atoms. The van der Waals surface area contributed by atoms with Gasteiger partial charge in [-0.15, -0.1) is 0 Å². The van der Waals surface area contributed by atoms with Gasteiger partial charge < -0.3 is 10.1 Å². The Morgan fingerprint density at radius 1 is 1.14 bits per heavy atom. The SMILES string of the molecule is COc1ccccc1NC(=O)CCN1CCCCC1c1ccc(C(F)(F)F)cc1. The van der Waals surface area contributed by atoms with Crippen LogP contribution >= 0.6 is 0 Å². The second-order valence-electron chi connectivity index (χ2n) is 7.17. The van der Waals surface area contributed by atoms with Gasteiger partial charge in [0.25, 0.3) is 0 Å². The zero-order valence-electron chi connectivity index (χ0n) is 16.3. The number of amides is 1. The minimum Gasteiger partial charge on any atom is -0.495 e. The van der Waals surface area contributed by atoms with Crippen LogP contribution in [0.15, 0.2) is 48.5 Å². The largest absolute Gasteiger partial charge is 0.495 e. The van der Waals surface area contributed by atoms with E-state index in [9.17, 15) is 18.0 Å². The van der Waals surface area contributed by atoms with E-state index in [0.717, 1.165) is 43.5 Å². The molecule has 2 aromatic rings. The summed E-state index contributed by atoms with van der Waals surface area (Å²) in [5.41, 5.74) is 0.848. The van der Waals surface area contributed by atoms with E-state index in [2.05, 4.69) is 10.2 Å². The first-order valence-electron chi connectivity index (χ1n) is 9.72. The minimum atomic E-state index is -4.33. The number of methoxy groups -OCH3 is 1. The first kappa shape index (κ1) is 21.2. The van der Waals surface area contributed by atoms with E-state index < -0.39 is 11.7 Å². The summed E-state index contributed by atoms with van der Waals surface area (Å²) in [6, 6.07) is 12.6. The van der Waals surface area contributed by atoms with Gasteiger partial charge in [-0.25, -0.2) is 0 Å². The van der Waals surface area contributed by atoms with Gasteiger partial charge in [-0.05, 0) is 49.2 Å². The third-order valence-electron chi connectivity index (χ3n) is 5.24. The van der Waals surface area contributed by atoms with Crippen LogP contribution in [0.3, 0.4) is 0 Å². The summed E-state index contributed by atoms with van der Waals surface area (Å²) in [5, 5.41) is 2.86. The van der Waals surface area contributed by atoms with Gasteiger partial charge in [0.1, 0.15) is 5.75 Å². The van der Waals surface area contributed by atoms with Crippen molar-refractivity contribution >= 4 is 11.6 Å². The lowest BCUT2D eigenvalue weighted by molar-refractivity contribution is -0.137. The number of carbonyl (C=O) groups excluding carboxylic acids is 1. The van der Waals surface area contributed by atoms with E-state index in [0.29, 0.717) is 24.4 Å². The normalized spacial score (nSPS) is 17.7. The van der Waals surface area contributed by atoms with Crippen molar-refractivity contribution in [3.63, 3.8) is 0 Å². The van der Waals surface area contributed by atoms with Crippen molar-refractivity contribution in [1.82, 2.24) is 4.90 Å². The molecular weight excluding hydrogens is 381 g/mol. The molecule has 156 valence electrons. The van der Waals surface area contributed by atoms with Crippen LogP contribution < -0.4 is 10.1 Å². The number of piperidine rings is 1. The van der Waals surface area contributed by atoms with E-state index in [1.165, 1.54) is 0 Å². The molecule has 0 aliphatic carbocycles. The molecule has 1 aliphatic rings. The zero-order chi connectivity index (χ0) is 20.9. The van der Waals surface area contributed by atoms with Crippen LogP contribution in [0.4, 0.5) is 18.9 Å². The summed E-state index contributed by atoms with van der Waals surface area (Å²) in [7, 11) is 1.55. The molecule has 2 aromatic carbocycles. The Hall–Kier alpha value is -2.54. The highest BCUT2D eigenvalue weighted by atomic mass is 19.4. The topological polar surface area (TPSA) is 41.6 Å². The Labute approximate surface area is 168 Å². The molecule has 0 radical (unpaired) electrons. The number of hydrogen-bond acceptors (Lipinski definition) is 3. The maximum Gasteiger partial charge on any atom is 0.416 e. The molecule has 1 fully saturated rings. The maximum absolute atomic E-state index is 12.8. The summed E-state index contributed by atoms with van der Waals surface area (Å²) < 4.78 is 43.7. The van der Waals surface area contributed by atoms with E-state index in [1.807, 2.05) is 12.1 Å². The highest BCUT2D eigenvalue weighted by Gasteiger charge is 2.31. The van der Waals surface area contributed by atoms with Gasteiger partial charge in [0.05, 0.1) is 18.4 Å². The van der Waals surface area contributed by atoms with Crippen LogP contribution in [0.1, 0.15) is 42.9 Å². The number of alkyl halides is 3. The second kappa shape index (κ2) is 9.31. The first-order chi connectivity index (χ1) is 13.9. The van der Waals surface area contributed by atoms with E-state index in [1.54, 1.807) is 31.4 Å². The van der Waals surface area contributed by atoms with Crippen LogP contribution in [0.2, 0.25) is 0 Å². The summed E-state index contributed by atoms with van der Waals surface area (Å²) in [4.78, 5) is 14.6. The van der Waals surface area contributed by atoms with Gasteiger partial charge in [0.2, 0.25) is 5.91 Å².